The molecule has 1 fully saturated rings. The fourth-order valence-corrected chi connectivity index (χ4v) is 2.17. The molecule has 140 valence electrons. The third-order valence-electron chi connectivity index (χ3n) is 3.76. The van der Waals surface area contributed by atoms with E-state index in [0.717, 1.165) is 4.57 Å². The first-order valence-electron chi connectivity index (χ1n) is 7.46. The molecule has 0 aliphatic carbocycles. The second-order valence-electron chi connectivity index (χ2n) is 6.24. The Hall–Kier alpha value is -1.72. The van der Waals surface area contributed by atoms with Gasteiger partial charge in [0.2, 0.25) is 0 Å². The van der Waals surface area contributed by atoms with Crippen LogP contribution in [0.1, 0.15) is 20.1 Å². The van der Waals surface area contributed by atoms with Gasteiger partial charge >= 0.3 is 11.7 Å². The summed E-state index contributed by atoms with van der Waals surface area (Å²) < 4.78 is 6.21. The number of aromatic nitrogens is 2. The van der Waals surface area contributed by atoms with E-state index in [1.807, 2.05) is 0 Å². The summed E-state index contributed by atoms with van der Waals surface area (Å²) >= 11 is 5.66. The molecule has 11 heteroatoms. The maximum Gasteiger partial charge on any atom is 0.351 e. The lowest BCUT2D eigenvalue weighted by atomic mass is 9.97. The van der Waals surface area contributed by atoms with Crippen LogP contribution in [0.25, 0.3) is 0 Å². The zero-order valence-electron chi connectivity index (χ0n) is 13.6. The van der Waals surface area contributed by atoms with E-state index < -0.39 is 48.2 Å². The Labute approximate surface area is 147 Å². The normalized spacial score (nSPS) is 26.5. The Kier molecular flexibility index (Phi) is 6.01. The van der Waals surface area contributed by atoms with E-state index in [4.69, 9.17) is 26.3 Å². The SMILES string of the molecule is CC(C)(CCl)C(=O)ONc1ccn([C@@H]2O[C@H](CO)[C@@H](O)[C@H]2O)c(=O)n1. The topological polar surface area (TPSA) is 143 Å². The zero-order chi connectivity index (χ0) is 18.8. The van der Waals surface area contributed by atoms with Gasteiger partial charge in [0.1, 0.15) is 18.3 Å². The maximum atomic E-state index is 12.1. The predicted molar refractivity (Wildman–Crippen MR) is 85.7 cm³/mol. The first-order valence-corrected chi connectivity index (χ1v) is 7.99. The number of hydrogen-bond acceptors (Lipinski definition) is 9. The van der Waals surface area contributed by atoms with Gasteiger partial charge in [-0.3, -0.25) is 4.57 Å². The van der Waals surface area contributed by atoms with E-state index in [-0.39, 0.29) is 11.7 Å². The molecule has 0 aromatic carbocycles. The van der Waals surface area contributed by atoms with Gasteiger partial charge in [-0.2, -0.15) is 4.98 Å². The van der Waals surface area contributed by atoms with E-state index in [1.54, 1.807) is 13.8 Å². The van der Waals surface area contributed by atoms with Crippen LogP contribution in [0.4, 0.5) is 5.82 Å². The number of hydrogen-bond donors (Lipinski definition) is 4. The van der Waals surface area contributed by atoms with Crippen LogP contribution in [0.15, 0.2) is 17.1 Å². The number of halogens is 1. The van der Waals surface area contributed by atoms with Crippen molar-refractivity contribution in [2.24, 2.45) is 5.41 Å². The third kappa shape index (κ3) is 4.10. The molecule has 0 radical (unpaired) electrons. The summed E-state index contributed by atoms with van der Waals surface area (Å²) in [6.45, 7) is 2.68. The minimum absolute atomic E-state index is 0.0354. The van der Waals surface area contributed by atoms with Crippen LogP contribution in [-0.4, -0.2) is 61.6 Å². The quantitative estimate of drug-likeness (QED) is 0.362. The summed E-state index contributed by atoms with van der Waals surface area (Å²) in [5.74, 6) is -0.614. The summed E-state index contributed by atoms with van der Waals surface area (Å²) in [5, 5.41) is 28.7. The lowest BCUT2D eigenvalue weighted by Gasteiger charge is -2.19. The first-order chi connectivity index (χ1) is 11.7. The molecule has 0 spiro atoms. The lowest BCUT2D eigenvalue weighted by Crippen LogP contribution is -2.36. The van der Waals surface area contributed by atoms with Gasteiger partial charge in [0.15, 0.2) is 12.0 Å². The Bertz CT molecular complexity index is 681. The minimum Gasteiger partial charge on any atom is -0.394 e. The first kappa shape index (κ1) is 19.6. The molecule has 0 unspecified atom stereocenters. The minimum atomic E-state index is -1.40. The lowest BCUT2D eigenvalue weighted by molar-refractivity contribution is -0.149. The Morgan fingerprint density at radius 3 is 2.68 bits per heavy atom. The number of nitrogens with one attached hydrogen (secondary N) is 1. The van der Waals surface area contributed by atoms with Crippen molar-refractivity contribution in [2.45, 2.75) is 38.4 Å². The molecule has 1 aliphatic rings. The van der Waals surface area contributed by atoms with Gasteiger partial charge in [0, 0.05) is 18.1 Å². The number of aliphatic hydroxyl groups is 3. The molecule has 1 aromatic heterocycles. The van der Waals surface area contributed by atoms with E-state index in [0.29, 0.717) is 0 Å². The molecule has 2 rings (SSSR count). The summed E-state index contributed by atoms with van der Waals surface area (Å²) in [6, 6.07) is 1.32. The van der Waals surface area contributed by atoms with Crippen molar-refractivity contribution in [2.75, 3.05) is 18.0 Å². The van der Waals surface area contributed by atoms with Crippen LogP contribution in [-0.2, 0) is 14.4 Å². The number of carbonyl (C=O) groups excluding carboxylic acids is 1. The highest BCUT2D eigenvalue weighted by Gasteiger charge is 2.43. The number of carbonyl (C=O) groups is 1. The number of anilines is 1. The van der Waals surface area contributed by atoms with Crippen molar-refractivity contribution >= 4 is 23.4 Å². The molecule has 1 aromatic rings. The standard InChI is InChI=1S/C14H20ClN3O7/c1-14(2,6-15)12(22)25-17-8-3-4-18(13(23)16-8)11-10(21)9(20)7(5-19)24-11/h3-4,7,9-11,19-21H,5-6H2,1-2H3,(H,16,17,23)/t7-,9-,10-,11-/m1/s1. The highest BCUT2D eigenvalue weighted by molar-refractivity contribution is 6.19. The molecular weight excluding hydrogens is 358 g/mol. The summed E-state index contributed by atoms with van der Waals surface area (Å²) in [4.78, 5) is 32.4. The van der Waals surface area contributed by atoms with Crippen LogP contribution in [0, 0.1) is 5.41 Å². The fourth-order valence-electron chi connectivity index (χ4n) is 2.06. The second-order valence-corrected chi connectivity index (χ2v) is 6.51. The number of aliphatic hydroxyl groups excluding tert-OH is 3. The van der Waals surface area contributed by atoms with Gasteiger partial charge in [-0.15, -0.1) is 11.6 Å². The Morgan fingerprint density at radius 1 is 1.48 bits per heavy atom. The molecule has 4 atom stereocenters. The average Bonchev–Trinajstić information content (AvgIpc) is 2.87. The fraction of sp³-hybridized carbons (Fsp3) is 0.643. The molecule has 0 saturated carbocycles. The van der Waals surface area contributed by atoms with Crippen LogP contribution in [0.5, 0.6) is 0 Å². The molecule has 1 aliphatic heterocycles. The van der Waals surface area contributed by atoms with E-state index in [9.17, 15) is 19.8 Å². The smallest absolute Gasteiger partial charge is 0.351 e. The van der Waals surface area contributed by atoms with E-state index in [2.05, 4.69) is 10.5 Å². The van der Waals surface area contributed by atoms with Gasteiger partial charge < -0.3 is 24.9 Å². The second kappa shape index (κ2) is 7.67. The molecule has 0 amide bonds. The van der Waals surface area contributed by atoms with E-state index in [1.165, 1.54) is 12.3 Å². The molecule has 2 heterocycles. The Morgan fingerprint density at radius 2 is 2.16 bits per heavy atom. The zero-order valence-corrected chi connectivity index (χ0v) is 14.4. The molecular formula is C14H20ClN3O7. The monoisotopic (exact) mass is 377 g/mol. The summed E-state index contributed by atoms with van der Waals surface area (Å²) in [5.41, 5.74) is 0.530. The van der Waals surface area contributed by atoms with Crippen molar-refractivity contribution in [3.63, 3.8) is 0 Å². The average molecular weight is 378 g/mol. The maximum absolute atomic E-state index is 12.1. The number of nitrogens with zero attached hydrogens (tertiary/aromatic N) is 2. The molecule has 4 N–H and O–H groups in total. The van der Waals surface area contributed by atoms with Crippen molar-refractivity contribution in [1.82, 2.24) is 9.55 Å². The Balaban J connectivity index is 2.09. The number of rotatable bonds is 6. The number of alkyl halides is 1. The molecule has 25 heavy (non-hydrogen) atoms. The predicted octanol–water partition coefficient (Wildman–Crippen LogP) is -1.01. The van der Waals surface area contributed by atoms with Crippen LogP contribution >= 0.6 is 11.6 Å². The van der Waals surface area contributed by atoms with Gasteiger partial charge in [-0.25, -0.2) is 15.1 Å². The summed E-state index contributed by atoms with van der Waals surface area (Å²) in [7, 11) is 0. The van der Waals surface area contributed by atoms with Gasteiger partial charge in [-0.05, 0) is 13.8 Å². The molecule has 0 bridgehead atoms. The molecule has 10 nitrogen and oxygen atoms in total. The summed E-state index contributed by atoms with van der Waals surface area (Å²) in [6.07, 6.45) is -3.70. The highest BCUT2D eigenvalue weighted by Crippen LogP contribution is 2.28. The largest absolute Gasteiger partial charge is 0.394 e. The van der Waals surface area contributed by atoms with Gasteiger partial charge in [0.25, 0.3) is 0 Å². The van der Waals surface area contributed by atoms with Crippen molar-refractivity contribution in [3.05, 3.63) is 22.7 Å². The van der Waals surface area contributed by atoms with Crippen molar-refractivity contribution in [1.29, 1.82) is 0 Å². The van der Waals surface area contributed by atoms with Gasteiger partial charge in [0.05, 0.1) is 12.0 Å². The van der Waals surface area contributed by atoms with Crippen molar-refractivity contribution < 1.29 is 29.7 Å². The van der Waals surface area contributed by atoms with Gasteiger partial charge in [-0.1, -0.05) is 0 Å². The van der Waals surface area contributed by atoms with Crippen molar-refractivity contribution in [3.8, 4) is 0 Å². The van der Waals surface area contributed by atoms with Crippen LogP contribution in [0.2, 0.25) is 0 Å². The highest BCUT2D eigenvalue weighted by atomic mass is 35.5. The van der Waals surface area contributed by atoms with Crippen LogP contribution in [0.3, 0.4) is 0 Å². The molecule has 1 saturated heterocycles. The number of ether oxygens (including phenoxy) is 1. The van der Waals surface area contributed by atoms with E-state index >= 15 is 0 Å². The third-order valence-corrected chi connectivity index (χ3v) is 4.42. The van der Waals surface area contributed by atoms with Crippen LogP contribution < -0.4 is 11.2 Å².